The quantitative estimate of drug-likeness (QED) is 0.656. The SMILES string of the molecule is NC(=O)N(O)CC1CC1c1cncc(Br)c1. The number of nitrogens with zero attached hydrogens (tertiary/aromatic N) is 2. The monoisotopic (exact) mass is 285 g/mol. The maximum atomic E-state index is 10.6. The summed E-state index contributed by atoms with van der Waals surface area (Å²) in [5.74, 6) is 0.632. The van der Waals surface area contributed by atoms with Crippen LogP contribution >= 0.6 is 15.9 Å². The lowest BCUT2D eigenvalue weighted by atomic mass is 10.1. The zero-order valence-corrected chi connectivity index (χ0v) is 10.1. The molecule has 1 aromatic rings. The molecule has 0 aromatic carbocycles. The Morgan fingerprint density at radius 1 is 1.69 bits per heavy atom. The topological polar surface area (TPSA) is 79.5 Å². The number of aromatic nitrogens is 1. The standard InChI is InChI=1S/C10H12BrN3O2/c11-8-1-6(3-13-4-8)9-2-7(9)5-14(16)10(12)15/h1,3-4,7,9,16H,2,5H2,(H2,12,15). The fourth-order valence-electron chi connectivity index (χ4n) is 1.80. The normalized spacial score (nSPS) is 22.9. The summed E-state index contributed by atoms with van der Waals surface area (Å²) in [6, 6.07) is 1.20. The number of amides is 2. The molecule has 5 nitrogen and oxygen atoms in total. The molecule has 0 radical (unpaired) electrons. The molecular weight excluding hydrogens is 274 g/mol. The number of rotatable bonds is 3. The molecule has 86 valence electrons. The maximum absolute atomic E-state index is 10.6. The van der Waals surface area contributed by atoms with Crippen LogP contribution in [0.5, 0.6) is 0 Å². The molecule has 0 bridgehead atoms. The Morgan fingerprint density at radius 2 is 2.44 bits per heavy atom. The van der Waals surface area contributed by atoms with Crippen LogP contribution in [0.1, 0.15) is 17.9 Å². The molecule has 6 heteroatoms. The molecule has 16 heavy (non-hydrogen) atoms. The number of primary amides is 1. The van der Waals surface area contributed by atoms with Gasteiger partial charge in [-0.1, -0.05) is 0 Å². The second-order valence-electron chi connectivity index (χ2n) is 3.96. The van der Waals surface area contributed by atoms with Gasteiger partial charge in [0.2, 0.25) is 0 Å². The molecule has 3 N–H and O–H groups in total. The number of urea groups is 1. The average molecular weight is 286 g/mol. The zero-order chi connectivity index (χ0) is 11.7. The minimum atomic E-state index is -0.807. The lowest BCUT2D eigenvalue weighted by Gasteiger charge is -2.11. The first-order valence-electron chi connectivity index (χ1n) is 4.94. The Morgan fingerprint density at radius 3 is 3.06 bits per heavy atom. The van der Waals surface area contributed by atoms with E-state index in [2.05, 4.69) is 20.9 Å². The van der Waals surface area contributed by atoms with Crippen molar-refractivity contribution >= 4 is 22.0 Å². The second kappa shape index (κ2) is 4.39. The summed E-state index contributed by atoms with van der Waals surface area (Å²) in [4.78, 5) is 14.7. The zero-order valence-electron chi connectivity index (χ0n) is 8.51. The van der Waals surface area contributed by atoms with Crippen molar-refractivity contribution in [3.63, 3.8) is 0 Å². The summed E-state index contributed by atoms with van der Waals surface area (Å²) < 4.78 is 0.936. The van der Waals surface area contributed by atoms with Gasteiger partial charge in [0.15, 0.2) is 0 Å². The smallest absolute Gasteiger partial charge is 0.338 e. The van der Waals surface area contributed by atoms with E-state index in [0.717, 1.165) is 16.5 Å². The van der Waals surface area contributed by atoms with E-state index in [0.29, 0.717) is 11.0 Å². The molecule has 1 saturated carbocycles. The Hall–Kier alpha value is -1.14. The van der Waals surface area contributed by atoms with Crippen LogP contribution in [0.3, 0.4) is 0 Å². The van der Waals surface area contributed by atoms with E-state index in [1.807, 2.05) is 6.07 Å². The van der Waals surface area contributed by atoms with Crippen LogP contribution in [-0.4, -0.2) is 27.8 Å². The van der Waals surface area contributed by atoms with Gasteiger partial charge in [-0.25, -0.2) is 9.86 Å². The second-order valence-corrected chi connectivity index (χ2v) is 4.87. The number of carbonyl (C=O) groups excluding carboxylic acids is 1. The summed E-state index contributed by atoms with van der Waals surface area (Å²) in [5, 5.41) is 9.76. The maximum Gasteiger partial charge on any atom is 0.338 e. The van der Waals surface area contributed by atoms with Gasteiger partial charge in [0, 0.05) is 16.9 Å². The highest BCUT2D eigenvalue weighted by Gasteiger charge is 2.40. The Kier molecular flexibility index (Phi) is 3.11. The lowest BCUT2D eigenvalue weighted by Crippen LogP contribution is -2.34. The third-order valence-electron chi connectivity index (χ3n) is 2.74. The van der Waals surface area contributed by atoms with E-state index in [-0.39, 0.29) is 12.5 Å². The number of hydrogen-bond acceptors (Lipinski definition) is 3. The Balaban J connectivity index is 1.94. The van der Waals surface area contributed by atoms with Gasteiger partial charge in [-0.2, -0.15) is 0 Å². The van der Waals surface area contributed by atoms with Crippen LogP contribution in [-0.2, 0) is 0 Å². The van der Waals surface area contributed by atoms with Crippen molar-refractivity contribution in [2.45, 2.75) is 12.3 Å². The molecule has 2 unspecified atom stereocenters. The van der Waals surface area contributed by atoms with Gasteiger partial charge in [-0.05, 0) is 45.8 Å². The van der Waals surface area contributed by atoms with Crippen LogP contribution in [0.15, 0.2) is 22.9 Å². The molecule has 2 atom stereocenters. The molecule has 0 aliphatic heterocycles. The highest BCUT2D eigenvalue weighted by Crippen LogP contribution is 2.47. The van der Waals surface area contributed by atoms with Crippen LogP contribution in [0.25, 0.3) is 0 Å². The molecule has 1 aromatic heterocycles. The molecule has 0 spiro atoms. The molecular formula is C10H12BrN3O2. The van der Waals surface area contributed by atoms with Crippen LogP contribution < -0.4 is 5.73 Å². The van der Waals surface area contributed by atoms with Crippen molar-refractivity contribution in [2.75, 3.05) is 6.54 Å². The minimum Gasteiger partial charge on any atom is -0.350 e. The predicted molar refractivity (Wildman–Crippen MR) is 60.9 cm³/mol. The number of carbonyl (C=O) groups is 1. The third kappa shape index (κ3) is 2.51. The van der Waals surface area contributed by atoms with Gasteiger partial charge in [0.25, 0.3) is 0 Å². The van der Waals surface area contributed by atoms with E-state index < -0.39 is 6.03 Å². The number of hydroxylamine groups is 2. The fourth-order valence-corrected chi connectivity index (χ4v) is 2.18. The first-order valence-corrected chi connectivity index (χ1v) is 5.73. The van der Waals surface area contributed by atoms with Gasteiger partial charge in [-0.15, -0.1) is 0 Å². The molecule has 2 rings (SSSR count). The van der Waals surface area contributed by atoms with Crippen molar-refractivity contribution < 1.29 is 10.0 Å². The molecule has 0 saturated heterocycles. The largest absolute Gasteiger partial charge is 0.350 e. The fraction of sp³-hybridized carbons (Fsp3) is 0.400. The van der Waals surface area contributed by atoms with E-state index in [1.54, 1.807) is 12.4 Å². The van der Waals surface area contributed by atoms with Crippen molar-refractivity contribution in [3.05, 3.63) is 28.5 Å². The first-order chi connectivity index (χ1) is 7.58. The van der Waals surface area contributed by atoms with E-state index in [9.17, 15) is 10.0 Å². The summed E-state index contributed by atoms with van der Waals surface area (Å²) >= 11 is 3.36. The van der Waals surface area contributed by atoms with Gasteiger partial charge in [0.05, 0.1) is 6.54 Å². The molecule has 1 aliphatic carbocycles. The van der Waals surface area contributed by atoms with Gasteiger partial charge < -0.3 is 5.73 Å². The summed E-state index contributed by atoms with van der Waals surface area (Å²) in [6.07, 6.45) is 4.48. The van der Waals surface area contributed by atoms with Crippen molar-refractivity contribution in [3.8, 4) is 0 Å². The van der Waals surface area contributed by atoms with Crippen molar-refractivity contribution in [1.82, 2.24) is 10.0 Å². The van der Waals surface area contributed by atoms with Gasteiger partial charge in [0.1, 0.15) is 0 Å². The highest BCUT2D eigenvalue weighted by molar-refractivity contribution is 9.10. The Labute approximate surface area is 101 Å². The first kappa shape index (κ1) is 11.3. The molecule has 1 fully saturated rings. The Bertz CT molecular complexity index is 413. The minimum absolute atomic E-state index is 0.272. The number of nitrogens with two attached hydrogens (primary N) is 1. The number of hydrogen-bond donors (Lipinski definition) is 2. The van der Waals surface area contributed by atoms with Crippen LogP contribution in [0.2, 0.25) is 0 Å². The van der Waals surface area contributed by atoms with Crippen LogP contribution in [0.4, 0.5) is 4.79 Å². The lowest BCUT2D eigenvalue weighted by molar-refractivity contribution is -0.0431. The molecule has 2 amide bonds. The number of pyridine rings is 1. The van der Waals surface area contributed by atoms with Gasteiger partial charge in [-0.3, -0.25) is 10.2 Å². The van der Waals surface area contributed by atoms with Crippen molar-refractivity contribution in [2.24, 2.45) is 11.7 Å². The number of halogens is 1. The third-order valence-corrected chi connectivity index (χ3v) is 3.17. The van der Waals surface area contributed by atoms with E-state index in [1.165, 1.54) is 0 Å². The van der Waals surface area contributed by atoms with Crippen molar-refractivity contribution in [1.29, 1.82) is 0 Å². The van der Waals surface area contributed by atoms with Gasteiger partial charge >= 0.3 is 6.03 Å². The molecule has 1 heterocycles. The summed E-state index contributed by atoms with van der Waals surface area (Å²) in [5.41, 5.74) is 6.06. The van der Waals surface area contributed by atoms with Crippen LogP contribution in [0, 0.1) is 5.92 Å². The van der Waals surface area contributed by atoms with E-state index in [4.69, 9.17) is 5.73 Å². The predicted octanol–water partition coefficient (Wildman–Crippen LogP) is 1.72. The summed E-state index contributed by atoms with van der Waals surface area (Å²) in [6.45, 7) is 0.284. The summed E-state index contributed by atoms with van der Waals surface area (Å²) in [7, 11) is 0. The van der Waals surface area contributed by atoms with E-state index >= 15 is 0 Å². The molecule has 1 aliphatic rings. The average Bonchev–Trinajstić information content (AvgIpc) is 2.97. The highest BCUT2D eigenvalue weighted by atomic mass is 79.9.